The zero-order chi connectivity index (χ0) is 27.1. The molecule has 1 N–H and O–H groups in total. The molecule has 11 heteroatoms. The van der Waals surface area contributed by atoms with E-state index < -0.39 is 0 Å². The van der Waals surface area contributed by atoms with Crippen LogP contribution in [0.5, 0.6) is 0 Å². The molecular weight excluding hydrogens is 530 g/mol. The number of imidazole rings is 1. The van der Waals surface area contributed by atoms with Gasteiger partial charge in [0.1, 0.15) is 5.52 Å². The second-order valence-electron chi connectivity index (χ2n) is 10.2. The van der Waals surface area contributed by atoms with Crippen LogP contribution in [0.2, 0.25) is 5.02 Å². The second kappa shape index (κ2) is 10.7. The van der Waals surface area contributed by atoms with Gasteiger partial charge in [0.25, 0.3) is 0 Å². The van der Waals surface area contributed by atoms with Crippen LogP contribution in [-0.2, 0) is 16.0 Å². The molecule has 0 spiro atoms. The highest BCUT2D eigenvalue weighted by molar-refractivity contribution is 6.30. The molecule has 2 saturated heterocycles. The topological polar surface area (TPSA) is 101 Å². The highest BCUT2D eigenvalue weighted by Gasteiger charge is 2.26. The Hall–Kier alpha value is -3.73. The van der Waals surface area contributed by atoms with Gasteiger partial charge in [-0.05, 0) is 30.5 Å². The van der Waals surface area contributed by atoms with Gasteiger partial charge in [-0.2, -0.15) is 9.97 Å². The first-order valence-electron chi connectivity index (χ1n) is 13.8. The summed E-state index contributed by atoms with van der Waals surface area (Å²) in [4.78, 5) is 36.1. The Balaban J connectivity index is 1.29. The molecule has 2 aliphatic heterocycles. The first kappa shape index (κ1) is 25.3. The van der Waals surface area contributed by atoms with Crippen molar-refractivity contribution in [2.24, 2.45) is 0 Å². The van der Waals surface area contributed by atoms with Crippen molar-refractivity contribution in [1.82, 2.24) is 24.5 Å². The van der Waals surface area contributed by atoms with Crippen molar-refractivity contribution in [2.45, 2.75) is 19.4 Å². The van der Waals surface area contributed by atoms with E-state index in [0.29, 0.717) is 86.8 Å². The summed E-state index contributed by atoms with van der Waals surface area (Å²) >= 11 is 6.09. The number of carbonyl (C=O) groups is 1. The number of rotatable bonds is 6. The minimum atomic E-state index is -0.156. The molecule has 206 valence electrons. The maximum absolute atomic E-state index is 14.0. The van der Waals surface area contributed by atoms with E-state index >= 15 is 0 Å². The van der Waals surface area contributed by atoms with Gasteiger partial charge in [0, 0.05) is 54.5 Å². The van der Waals surface area contributed by atoms with Crippen LogP contribution in [0.4, 0.5) is 11.8 Å². The maximum Gasteiger partial charge on any atom is 0.230 e. The molecule has 3 aliphatic rings. The fourth-order valence-corrected chi connectivity index (χ4v) is 5.72. The van der Waals surface area contributed by atoms with Crippen molar-refractivity contribution in [3.63, 3.8) is 0 Å². The number of aromatic nitrogens is 5. The number of ketones is 1. The summed E-state index contributed by atoms with van der Waals surface area (Å²) in [5.41, 5.74) is 2.91. The number of H-pyrrole nitrogens is 1. The standard InChI is InChI=1S/C29H30ClN7O3/c30-20-7-5-19(6-8-20)17-37-18-22(21-3-1-2-4-23(21)37)25(38)27-31-24-26(32-27)33-29(36-11-15-40-16-12-36)34-28(24)35-9-13-39-14-10-35/h3-8,18H,1-2,9-17H2,(H,31,32,33,34). The van der Waals surface area contributed by atoms with Gasteiger partial charge < -0.3 is 28.8 Å². The molecule has 10 nitrogen and oxygen atoms in total. The average molecular weight is 560 g/mol. The molecule has 40 heavy (non-hydrogen) atoms. The molecule has 0 atom stereocenters. The minimum absolute atomic E-state index is 0.156. The number of halogens is 1. The first-order chi connectivity index (χ1) is 19.6. The zero-order valence-electron chi connectivity index (χ0n) is 22.1. The Morgan fingerprint density at radius 1 is 0.900 bits per heavy atom. The highest BCUT2D eigenvalue weighted by Crippen LogP contribution is 2.27. The summed E-state index contributed by atoms with van der Waals surface area (Å²) in [5, 5.41) is 2.72. The fourth-order valence-electron chi connectivity index (χ4n) is 5.59. The molecule has 1 aromatic carbocycles. The third kappa shape index (κ3) is 4.76. The normalized spacial score (nSPS) is 17.4. The number of aromatic amines is 1. The molecule has 1 aliphatic carbocycles. The third-order valence-electron chi connectivity index (χ3n) is 7.66. The van der Waals surface area contributed by atoms with Gasteiger partial charge in [-0.3, -0.25) is 4.79 Å². The largest absolute Gasteiger partial charge is 0.378 e. The lowest BCUT2D eigenvalue weighted by atomic mass is 10.1. The van der Waals surface area contributed by atoms with Crippen LogP contribution in [0.25, 0.3) is 23.3 Å². The van der Waals surface area contributed by atoms with Crippen molar-refractivity contribution in [3.8, 4) is 0 Å². The molecule has 7 rings (SSSR count). The van der Waals surface area contributed by atoms with Gasteiger partial charge in [0.15, 0.2) is 17.3 Å². The number of hydrogen-bond donors (Lipinski definition) is 1. The smallest absolute Gasteiger partial charge is 0.230 e. The molecule has 0 unspecified atom stereocenters. The van der Waals surface area contributed by atoms with Crippen LogP contribution >= 0.6 is 11.6 Å². The number of carbonyl (C=O) groups excluding carboxylic acids is 1. The van der Waals surface area contributed by atoms with Crippen LogP contribution in [-0.4, -0.2) is 82.9 Å². The fraction of sp³-hybridized carbons (Fsp3) is 0.379. The van der Waals surface area contributed by atoms with E-state index in [-0.39, 0.29) is 11.6 Å². The van der Waals surface area contributed by atoms with Gasteiger partial charge in [0.2, 0.25) is 11.7 Å². The zero-order valence-corrected chi connectivity index (χ0v) is 22.9. The average Bonchev–Trinajstić information content (AvgIpc) is 3.60. The lowest BCUT2D eigenvalue weighted by molar-refractivity contribution is 0.102. The number of nitrogens with zero attached hydrogens (tertiary/aromatic N) is 6. The first-order valence-corrected chi connectivity index (χ1v) is 14.1. The Bertz CT molecular complexity index is 1680. The van der Waals surface area contributed by atoms with Gasteiger partial charge in [-0.1, -0.05) is 35.9 Å². The van der Waals surface area contributed by atoms with E-state index in [1.165, 1.54) is 0 Å². The molecule has 5 heterocycles. The molecule has 0 saturated carbocycles. The monoisotopic (exact) mass is 559 g/mol. The maximum atomic E-state index is 14.0. The van der Waals surface area contributed by atoms with Crippen molar-refractivity contribution < 1.29 is 14.3 Å². The SMILES string of the molecule is O=C(c1nc2nc(N3CCOCC3)nc(N3CCOCC3)c2[nH]1)c1cn(Cc2ccc(Cl)cc2)c2c1=CCCC=2. The molecule has 4 aromatic rings. The number of nitrogens with one attached hydrogen (secondary N) is 1. The molecular formula is C29H30ClN7O3. The Labute approximate surface area is 235 Å². The predicted octanol–water partition coefficient (Wildman–Crippen LogP) is 2.12. The summed E-state index contributed by atoms with van der Waals surface area (Å²) in [5.74, 6) is 1.47. The van der Waals surface area contributed by atoms with Crippen LogP contribution in [0, 0.1) is 0 Å². The highest BCUT2D eigenvalue weighted by atomic mass is 35.5. The van der Waals surface area contributed by atoms with E-state index in [1.807, 2.05) is 30.5 Å². The molecule has 0 radical (unpaired) electrons. The molecule has 3 aromatic heterocycles. The second-order valence-corrected chi connectivity index (χ2v) is 10.7. The van der Waals surface area contributed by atoms with Crippen LogP contribution < -0.4 is 20.4 Å². The molecule has 0 bridgehead atoms. The van der Waals surface area contributed by atoms with E-state index in [4.69, 9.17) is 36.0 Å². The van der Waals surface area contributed by atoms with E-state index in [0.717, 1.165) is 34.8 Å². The van der Waals surface area contributed by atoms with Gasteiger partial charge in [0.05, 0.1) is 32.0 Å². The van der Waals surface area contributed by atoms with Gasteiger partial charge in [-0.15, -0.1) is 0 Å². The summed E-state index contributed by atoms with van der Waals surface area (Å²) in [7, 11) is 0. The van der Waals surface area contributed by atoms with Crippen LogP contribution in [0.3, 0.4) is 0 Å². The number of morpholine rings is 2. The minimum Gasteiger partial charge on any atom is -0.378 e. The van der Waals surface area contributed by atoms with Crippen LogP contribution in [0.15, 0.2) is 30.5 Å². The Kier molecular flexibility index (Phi) is 6.74. The third-order valence-corrected chi connectivity index (χ3v) is 7.92. The van der Waals surface area contributed by atoms with Crippen molar-refractivity contribution >= 4 is 52.5 Å². The van der Waals surface area contributed by atoms with Crippen molar-refractivity contribution in [1.29, 1.82) is 0 Å². The number of benzene rings is 1. The van der Waals surface area contributed by atoms with Crippen molar-refractivity contribution in [3.05, 3.63) is 63.0 Å². The summed E-state index contributed by atoms with van der Waals surface area (Å²) in [6.45, 7) is 6.00. The molecule has 2 fully saturated rings. The summed E-state index contributed by atoms with van der Waals surface area (Å²) in [6, 6.07) is 7.81. The lowest BCUT2D eigenvalue weighted by Crippen LogP contribution is -2.39. The lowest BCUT2D eigenvalue weighted by Gasteiger charge is -2.30. The van der Waals surface area contributed by atoms with E-state index in [1.54, 1.807) is 0 Å². The predicted molar refractivity (Wildman–Crippen MR) is 154 cm³/mol. The van der Waals surface area contributed by atoms with Gasteiger partial charge in [-0.25, -0.2) is 4.98 Å². The van der Waals surface area contributed by atoms with E-state index in [9.17, 15) is 4.79 Å². The quantitative estimate of drug-likeness (QED) is 0.359. The summed E-state index contributed by atoms with van der Waals surface area (Å²) < 4.78 is 13.2. The van der Waals surface area contributed by atoms with Crippen molar-refractivity contribution in [2.75, 3.05) is 62.4 Å². The number of fused-ring (bicyclic) bond motifs is 2. The van der Waals surface area contributed by atoms with Gasteiger partial charge >= 0.3 is 0 Å². The van der Waals surface area contributed by atoms with E-state index in [2.05, 4.69) is 31.5 Å². The number of hydrogen-bond acceptors (Lipinski definition) is 8. The number of anilines is 2. The Morgan fingerprint density at radius 2 is 1.60 bits per heavy atom. The molecule has 0 amide bonds. The summed E-state index contributed by atoms with van der Waals surface area (Å²) in [6.07, 6.45) is 8.14. The van der Waals surface area contributed by atoms with Crippen LogP contribution in [0.1, 0.15) is 34.6 Å². The number of ether oxygens (including phenoxy) is 2. The Morgan fingerprint density at radius 3 is 2.35 bits per heavy atom.